The quantitative estimate of drug-likeness (QED) is 0.260. The third-order valence-electron chi connectivity index (χ3n) is 6.91. The Morgan fingerprint density at radius 3 is 1.39 bits per heavy atom. The van der Waals surface area contributed by atoms with Gasteiger partial charge in [0.25, 0.3) is 0 Å². The molecule has 7 heteroatoms. The number of aliphatic imine (C=N–C) groups is 1. The van der Waals surface area contributed by atoms with Crippen molar-refractivity contribution in [2.75, 3.05) is 20.1 Å². The van der Waals surface area contributed by atoms with E-state index >= 15 is 0 Å². The van der Waals surface area contributed by atoms with Crippen LogP contribution in [0.5, 0.6) is 11.5 Å². The van der Waals surface area contributed by atoms with Crippen LogP contribution >= 0.6 is 0 Å². The second-order valence-electron chi connectivity index (χ2n) is 16.8. The summed E-state index contributed by atoms with van der Waals surface area (Å²) in [5, 5.41) is 45.6. The number of rotatable bonds is 6. The molecule has 0 amide bonds. The van der Waals surface area contributed by atoms with E-state index in [0.29, 0.717) is 25.2 Å². The summed E-state index contributed by atoms with van der Waals surface area (Å²) in [6.07, 6.45) is 0.900. The maximum Gasteiger partial charge on any atom is 4.00 e. The van der Waals surface area contributed by atoms with E-state index in [9.17, 15) is 20.4 Å². The first-order valence-corrected chi connectivity index (χ1v) is 16.3. The van der Waals surface area contributed by atoms with Gasteiger partial charge in [-0.15, -0.1) is 18.0 Å². The van der Waals surface area contributed by atoms with Crippen molar-refractivity contribution in [1.82, 2.24) is 4.90 Å². The van der Waals surface area contributed by atoms with Crippen molar-refractivity contribution in [1.29, 1.82) is 0 Å². The standard InChI is InChI=1S/C33H52N2O2.2C3H7O.Hf/c1-30(2,3)24-16-22(28(36)26(18-24)32(7,8)9)20-34-14-15-35(13)21-23-17-25(31(4,5)6)19-27(29(23)37)33(10,11)12;2*1-3(2)4;/h16-20,36-37H,14-15,21H2,1-13H3;2*3H,1-2H3;/q;2*-1;+4/p-2. The number of likely N-dealkylation sites (N-methyl/N-ethyl adjacent to an activating group) is 1. The summed E-state index contributed by atoms with van der Waals surface area (Å²) in [4.78, 5) is 6.76. The van der Waals surface area contributed by atoms with Gasteiger partial charge >= 0.3 is 25.8 Å². The molecule has 0 N–H and O–H groups in total. The average Bonchev–Trinajstić information content (AvgIpc) is 2.80. The van der Waals surface area contributed by atoms with Crippen molar-refractivity contribution in [2.24, 2.45) is 4.99 Å². The molecule has 258 valence electrons. The van der Waals surface area contributed by atoms with Gasteiger partial charge in [0.2, 0.25) is 0 Å². The van der Waals surface area contributed by atoms with Gasteiger partial charge in [-0.1, -0.05) is 141 Å². The molecular formula is C39H64HfN2O4. The first-order valence-electron chi connectivity index (χ1n) is 16.3. The van der Waals surface area contributed by atoms with E-state index in [2.05, 4.69) is 111 Å². The van der Waals surface area contributed by atoms with Gasteiger partial charge in [0, 0.05) is 19.3 Å². The molecule has 0 heterocycles. The van der Waals surface area contributed by atoms with Crippen LogP contribution in [0, 0.1) is 0 Å². The predicted molar refractivity (Wildman–Crippen MR) is 186 cm³/mol. The Kier molecular flexibility index (Phi) is 19.1. The van der Waals surface area contributed by atoms with Gasteiger partial charge in [-0.3, -0.25) is 4.99 Å². The zero-order valence-corrected chi connectivity index (χ0v) is 35.8. The Hall–Kier alpha value is -1.54. The largest absolute Gasteiger partial charge is 4.00 e. The summed E-state index contributed by atoms with van der Waals surface area (Å²) >= 11 is 0. The molecule has 0 aliphatic carbocycles. The van der Waals surface area contributed by atoms with E-state index in [-0.39, 0.29) is 59.0 Å². The molecule has 2 aromatic carbocycles. The molecule has 0 spiro atoms. The zero-order chi connectivity index (χ0) is 35.7. The Balaban J connectivity index is 0. The fourth-order valence-corrected chi connectivity index (χ4v) is 4.30. The monoisotopic (exact) mass is 804 g/mol. The van der Waals surface area contributed by atoms with Crippen molar-refractivity contribution >= 4 is 6.21 Å². The number of benzene rings is 2. The van der Waals surface area contributed by atoms with E-state index in [4.69, 9.17) is 0 Å². The fourth-order valence-electron chi connectivity index (χ4n) is 4.30. The number of nitrogens with zero attached hydrogens (tertiary/aromatic N) is 2. The van der Waals surface area contributed by atoms with E-state index in [1.807, 2.05) is 13.1 Å². The molecule has 0 fully saturated rings. The van der Waals surface area contributed by atoms with E-state index < -0.39 is 12.2 Å². The molecule has 2 aromatic rings. The molecule has 2 rings (SSSR count). The molecule has 0 bridgehead atoms. The second kappa shape index (κ2) is 18.9. The molecule has 46 heavy (non-hydrogen) atoms. The summed E-state index contributed by atoms with van der Waals surface area (Å²) in [6, 6.07) is 8.22. The third kappa shape index (κ3) is 17.0. The molecule has 0 saturated heterocycles. The van der Waals surface area contributed by atoms with Crippen LogP contribution in [-0.4, -0.2) is 43.5 Å². The molecular weight excluding hydrogens is 739 g/mol. The van der Waals surface area contributed by atoms with Crippen LogP contribution in [-0.2, 0) is 54.0 Å². The van der Waals surface area contributed by atoms with E-state index in [0.717, 1.165) is 22.3 Å². The van der Waals surface area contributed by atoms with Gasteiger partial charge in [-0.2, -0.15) is 0 Å². The molecule has 0 saturated carbocycles. The normalized spacial score (nSPS) is 12.6. The fraction of sp³-hybridized carbons (Fsp3) is 0.667. The van der Waals surface area contributed by atoms with Gasteiger partial charge in [-0.05, 0) is 62.1 Å². The Morgan fingerprint density at radius 2 is 1.02 bits per heavy atom. The minimum atomic E-state index is -0.417. The molecule has 6 nitrogen and oxygen atoms in total. The molecule has 0 aliphatic heterocycles. The van der Waals surface area contributed by atoms with E-state index in [1.165, 1.54) is 5.56 Å². The molecule has 0 aliphatic rings. The van der Waals surface area contributed by atoms with Gasteiger partial charge in [-0.25, -0.2) is 0 Å². The summed E-state index contributed by atoms with van der Waals surface area (Å²) < 4.78 is 0. The predicted octanol–water partition coefficient (Wildman–Crippen LogP) is 6.08. The molecule has 0 unspecified atom stereocenters. The van der Waals surface area contributed by atoms with E-state index in [1.54, 1.807) is 33.9 Å². The first-order chi connectivity index (χ1) is 20.1. The van der Waals surface area contributed by atoms with Crippen LogP contribution in [0.4, 0.5) is 0 Å². The van der Waals surface area contributed by atoms with Crippen molar-refractivity contribution in [2.45, 2.75) is 151 Å². The molecule has 0 radical (unpaired) electrons. The SMILES string of the molecule is CC(C)[O-].CC(C)[O-].CN(CCN=Cc1cc(C(C)(C)C)cc(C(C)(C)C)c1[O-])Cc1cc(C(C)(C)C)cc(C(C)(C)C)c1[O-].[Hf+4]. The molecule has 0 atom stereocenters. The summed E-state index contributed by atoms with van der Waals surface area (Å²) in [6.45, 7) is 33.9. The van der Waals surface area contributed by atoms with Gasteiger partial charge in [0.1, 0.15) is 0 Å². The third-order valence-corrected chi connectivity index (χ3v) is 6.91. The minimum absolute atomic E-state index is 0. The maximum absolute atomic E-state index is 13.3. The summed E-state index contributed by atoms with van der Waals surface area (Å²) in [5.41, 5.74) is 4.99. The zero-order valence-electron chi connectivity index (χ0n) is 32.2. The molecule has 0 aromatic heterocycles. The van der Waals surface area contributed by atoms with Crippen molar-refractivity contribution in [3.8, 4) is 11.5 Å². The van der Waals surface area contributed by atoms with Crippen molar-refractivity contribution in [3.05, 3.63) is 57.6 Å². The summed E-state index contributed by atoms with van der Waals surface area (Å²) in [5.74, 6) is 0.197. The topological polar surface area (TPSA) is 108 Å². The number of hydrogen-bond acceptors (Lipinski definition) is 6. The first kappa shape index (κ1) is 46.6. The average molecular weight is 803 g/mol. The Morgan fingerprint density at radius 1 is 0.652 bits per heavy atom. The smallest absolute Gasteiger partial charge is 0.872 e. The Bertz CT molecular complexity index is 1210. The van der Waals surface area contributed by atoms with Crippen LogP contribution in [0.15, 0.2) is 29.3 Å². The summed E-state index contributed by atoms with van der Waals surface area (Å²) in [7, 11) is 2.02. The van der Waals surface area contributed by atoms with Gasteiger partial charge in [0.05, 0.1) is 6.54 Å². The van der Waals surface area contributed by atoms with Crippen LogP contribution < -0.4 is 20.4 Å². The van der Waals surface area contributed by atoms with Crippen molar-refractivity contribution < 1.29 is 46.3 Å². The number of hydrogen-bond donors (Lipinski definition) is 0. The van der Waals surface area contributed by atoms with Gasteiger partial charge in [0.15, 0.2) is 0 Å². The van der Waals surface area contributed by atoms with Crippen molar-refractivity contribution in [3.63, 3.8) is 0 Å². The second-order valence-corrected chi connectivity index (χ2v) is 16.8. The van der Waals surface area contributed by atoms with Crippen LogP contribution in [0.25, 0.3) is 0 Å². The minimum Gasteiger partial charge on any atom is -0.872 e. The van der Waals surface area contributed by atoms with Crippen LogP contribution in [0.2, 0.25) is 0 Å². The van der Waals surface area contributed by atoms with Crippen LogP contribution in [0.1, 0.15) is 144 Å². The van der Waals surface area contributed by atoms with Crippen LogP contribution in [0.3, 0.4) is 0 Å². The van der Waals surface area contributed by atoms with Gasteiger partial charge < -0.3 is 25.3 Å². The maximum atomic E-state index is 13.3. The Labute approximate surface area is 301 Å².